The lowest BCUT2D eigenvalue weighted by Crippen LogP contribution is -2.59. The minimum absolute atomic E-state index is 0.0908. The molecule has 13 heavy (non-hydrogen) atoms. The van der Waals surface area contributed by atoms with Crippen LogP contribution in [0.15, 0.2) is 0 Å². The van der Waals surface area contributed by atoms with Crippen LogP contribution in [0.1, 0.15) is 20.3 Å². The smallest absolute Gasteiger partial charge is 0.133 e. The van der Waals surface area contributed by atoms with Gasteiger partial charge >= 0.3 is 0 Å². The summed E-state index contributed by atoms with van der Waals surface area (Å²) in [6.07, 6.45) is 0.765. The molecule has 0 amide bonds. The second-order valence-corrected chi connectivity index (χ2v) is 4.57. The normalized spacial score (nSPS) is 32.8. The van der Waals surface area contributed by atoms with Crippen LogP contribution in [0.2, 0.25) is 0 Å². The van der Waals surface area contributed by atoms with E-state index in [2.05, 4.69) is 18.7 Å². The number of likely N-dealkylation sites (tertiary alicyclic amines) is 1. The van der Waals surface area contributed by atoms with Crippen molar-refractivity contribution in [1.82, 2.24) is 4.90 Å². The number of rotatable bonds is 3. The van der Waals surface area contributed by atoms with E-state index in [-0.39, 0.29) is 12.3 Å². The molecule has 0 spiro atoms. The van der Waals surface area contributed by atoms with E-state index >= 15 is 0 Å². The van der Waals surface area contributed by atoms with E-state index in [1.807, 2.05) is 0 Å². The summed E-state index contributed by atoms with van der Waals surface area (Å²) in [7, 11) is 0. The molecule has 2 rings (SSSR count). The van der Waals surface area contributed by atoms with Gasteiger partial charge in [-0.15, -0.1) is 0 Å². The maximum absolute atomic E-state index is 9.79. The molecule has 2 fully saturated rings. The summed E-state index contributed by atoms with van der Waals surface area (Å²) in [5.41, 5.74) is 0. The van der Waals surface area contributed by atoms with Gasteiger partial charge in [0.15, 0.2) is 0 Å². The average Bonchev–Trinajstić information content (AvgIpc) is 1.76. The fourth-order valence-electron chi connectivity index (χ4n) is 1.91. The highest BCUT2D eigenvalue weighted by molar-refractivity contribution is 4.87. The third-order valence-electron chi connectivity index (χ3n) is 3.32. The lowest BCUT2D eigenvalue weighted by molar-refractivity contribution is -0.193. The average molecular weight is 185 g/mol. The van der Waals surface area contributed by atoms with Crippen molar-refractivity contribution in [1.29, 1.82) is 0 Å². The maximum atomic E-state index is 9.79. The number of ether oxygens (including phenoxy) is 1. The van der Waals surface area contributed by atoms with Crippen LogP contribution in [-0.4, -0.2) is 42.0 Å². The van der Waals surface area contributed by atoms with E-state index in [1.54, 1.807) is 0 Å². The van der Waals surface area contributed by atoms with Crippen molar-refractivity contribution in [2.75, 3.05) is 19.7 Å². The van der Waals surface area contributed by atoms with Crippen molar-refractivity contribution in [3.8, 4) is 0 Å². The van der Waals surface area contributed by atoms with Crippen molar-refractivity contribution in [2.24, 2.45) is 11.8 Å². The van der Waals surface area contributed by atoms with E-state index in [4.69, 9.17) is 4.74 Å². The van der Waals surface area contributed by atoms with Crippen LogP contribution in [0, 0.1) is 11.8 Å². The fourth-order valence-corrected chi connectivity index (χ4v) is 1.91. The Morgan fingerprint density at radius 3 is 2.38 bits per heavy atom. The first kappa shape index (κ1) is 9.44. The molecule has 0 bridgehead atoms. The van der Waals surface area contributed by atoms with Crippen LogP contribution in [0.5, 0.6) is 0 Å². The van der Waals surface area contributed by atoms with Gasteiger partial charge in [0.1, 0.15) is 6.23 Å². The van der Waals surface area contributed by atoms with Crippen LogP contribution in [0.25, 0.3) is 0 Å². The topological polar surface area (TPSA) is 32.7 Å². The largest absolute Gasteiger partial charge is 0.376 e. The Bertz CT molecular complexity index is 174. The molecule has 0 aliphatic carbocycles. The van der Waals surface area contributed by atoms with Gasteiger partial charge in [0, 0.05) is 26.1 Å². The van der Waals surface area contributed by atoms with Crippen molar-refractivity contribution in [3.63, 3.8) is 0 Å². The molecule has 3 heteroatoms. The SMILES string of the molecule is CC(C)C1CN([C@H](O)C2CCO2)C1. The highest BCUT2D eigenvalue weighted by Crippen LogP contribution is 2.28. The van der Waals surface area contributed by atoms with Crippen molar-refractivity contribution in [2.45, 2.75) is 32.6 Å². The van der Waals surface area contributed by atoms with Gasteiger partial charge < -0.3 is 9.84 Å². The van der Waals surface area contributed by atoms with Gasteiger partial charge in [0.25, 0.3) is 0 Å². The van der Waals surface area contributed by atoms with Crippen molar-refractivity contribution in [3.05, 3.63) is 0 Å². The number of aliphatic hydroxyl groups is 1. The van der Waals surface area contributed by atoms with Gasteiger partial charge in [0.05, 0.1) is 6.10 Å². The summed E-state index contributed by atoms with van der Waals surface area (Å²) in [5, 5.41) is 9.79. The van der Waals surface area contributed by atoms with Crippen LogP contribution >= 0.6 is 0 Å². The van der Waals surface area contributed by atoms with Crippen LogP contribution in [-0.2, 0) is 4.74 Å². The van der Waals surface area contributed by atoms with Gasteiger partial charge in [-0.3, -0.25) is 4.90 Å². The zero-order chi connectivity index (χ0) is 9.42. The Labute approximate surface area is 79.7 Å². The second-order valence-electron chi connectivity index (χ2n) is 4.57. The number of aliphatic hydroxyl groups excluding tert-OH is 1. The highest BCUT2D eigenvalue weighted by Gasteiger charge is 2.38. The summed E-state index contributed by atoms with van der Waals surface area (Å²) in [4.78, 5) is 2.12. The quantitative estimate of drug-likeness (QED) is 0.702. The summed E-state index contributed by atoms with van der Waals surface area (Å²) in [6, 6.07) is 0. The first-order valence-electron chi connectivity index (χ1n) is 5.22. The molecule has 0 aromatic carbocycles. The molecule has 0 radical (unpaired) electrons. The van der Waals surface area contributed by atoms with E-state index in [1.165, 1.54) is 0 Å². The summed E-state index contributed by atoms with van der Waals surface area (Å²) >= 11 is 0. The Hall–Kier alpha value is -0.120. The minimum atomic E-state index is -0.344. The van der Waals surface area contributed by atoms with Crippen molar-refractivity contribution >= 4 is 0 Å². The molecule has 2 saturated heterocycles. The van der Waals surface area contributed by atoms with E-state index < -0.39 is 0 Å². The molecule has 0 aromatic heterocycles. The van der Waals surface area contributed by atoms with Gasteiger partial charge in [-0.2, -0.15) is 0 Å². The van der Waals surface area contributed by atoms with Crippen LogP contribution < -0.4 is 0 Å². The van der Waals surface area contributed by atoms with Gasteiger partial charge in [-0.25, -0.2) is 0 Å². The van der Waals surface area contributed by atoms with Gasteiger partial charge in [0.2, 0.25) is 0 Å². The number of nitrogens with zero attached hydrogens (tertiary/aromatic N) is 1. The summed E-state index contributed by atoms with van der Waals surface area (Å²) < 4.78 is 5.25. The molecule has 1 unspecified atom stereocenters. The zero-order valence-electron chi connectivity index (χ0n) is 8.44. The lowest BCUT2D eigenvalue weighted by atomic mass is 9.87. The predicted molar refractivity (Wildman–Crippen MR) is 50.3 cm³/mol. The Kier molecular flexibility index (Phi) is 2.58. The number of hydrogen-bond acceptors (Lipinski definition) is 3. The molecular weight excluding hydrogens is 166 g/mol. The Balaban J connectivity index is 1.72. The second kappa shape index (κ2) is 3.56. The van der Waals surface area contributed by atoms with E-state index in [0.717, 1.165) is 38.0 Å². The molecule has 2 aliphatic heterocycles. The molecule has 2 aliphatic rings. The number of hydrogen-bond donors (Lipinski definition) is 1. The Morgan fingerprint density at radius 1 is 1.38 bits per heavy atom. The molecule has 0 aromatic rings. The zero-order valence-corrected chi connectivity index (χ0v) is 8.44. The molecule has 2 heterocycles. The molecule has 2 atom stereocenters. The summed E-state index contributed by atoms with van der Waals surface area (Å²) in [6.45, 7) is 7.39. The maximum Gasteiger partial charge on any atom is 0.133 e. The molecule has 1 N–H and O–H groups in total. The van der Waals surface area contributed by atoms with Crippen LogP contribution in [0.3, 0.4) is 0 Å². The molecule has 3 nitrogen and oxygen atoms in total. The van der Waals surface area contributed by atoms with Crippen molar-refractivity contribution < 1.29 is 9.84 Å². The standard InChI is InChI=1S/C10H19NO2/c1-7(2)8-5-11(6-8)10(12)9-3-4-13-9/h7-10,12H,3-6H2,1-2H3/t9?,10-/m1/s1. The van der Waals surface area contributed by atoms with Crippen LogP contribution in [0.4, 0.5) is 0 Å². The third kappa shape index (κ3) is 1.73. The molecule has 76 valence electrons. The first-order valence-corrected chi connectivity index (χ1v) is 5.22. The van der Waals surface area contributed by atoms with Gasteiger partial charge in [-0.05, 0) is 11.8 Å². The molecular formula is C10H19NO2. The fraction of sp³-hybridized carbons (Fsp3) is 1.00. The third-order valence-corrected chi connectivity index (χ3v) is 3.32. The summed E-state index contributed by atoms with van der Waals surface area (Å²) in [5.74, 6) is 1.51. The van der Waals surface area contributed by atoms with Gasteiger partial charge in [-0.1, -0.05) is 13.8 Å². The minimum Gasteiger partial charge on any atom is -0.376 e. The molecule has 0 saturated carbocycles. The lowest BCUT2D eigenvalue weighted by Gasteiger charge is -2.47. The monoisotopic (exact) mass is 185 g/mol. The Morgan fingerprint density at radius 2 is 2.00 bits per heavy atom. The first-order chi connectivity index (χ1) is 6.18. The van der Waals surface area contributed by atoms with E-state index in [0.29, 0.717) is 0 Å². The predicted octanol–water partition coefficient (Wildman–Crippen LogP) is 0.681. The van der Waals surface area contributed by atoms with E-state index in [9.17, 15) is 5.11 Å². The highest BCUT2D eigenvalue weighted by atomic mass is 16.5.